The zero-order chi connectivity index (χ0) is 16.8. The van der Waals surface area contributed by atoms with E-state index in [1.54, 1.807) is 25.1 Å². The second-order valence-electron chi connectivity index (χ2n) is 5.39. The van der Waals surface area contributed by atoms with Crippen molar-refractivity contribution in [1.82, 2.24) is 10.2 Å². The Morgan fingerprint density at radius 1 is 1.57 bits per heavy atom. The van der Waals surface area contributed by atoms with Gasteiger partial charge < -0.3 is 19.9 Å². The lowest BCUT2D eigenvalue weighted by Crippen LogP contribution is -2.44. The Hall–Kier alpha value is -2.75. The summed E-state index contributed by atoms with van der Waals surface area (Å²) in [7, 11) is 3.20. The topological polar surface area (TPSA) is 85.7 Å². The van der Waals surface area contributed by atoms with Crippen molar-refractivity contribution in [3.63, 3.8) is 0 Å². The van der Waals surface area contributed by atoms with Crippen LogP contribution in [0.4, 0.5) is 10.5 Å². The minimum atomic E-state index is -0.273. The second kappa shape index (κ2) is 7.49. The minimum absolute atomic E-state index is 0.0387. The van der Waals surface area contributed by atoms with Crippen molar-refractivity contribution in [2.75, 3.05) is 32.1 Å². The van der Waals surface area contributed by atoms with Crippen LogP contribution in [0.25, 0.3) is 0 Å². The molecule has 1 atom stereocenters. The molecule has 1 fully saturated rings. The summed E-state index contributed by atoms with van der Waals surface area (Å²) in [5.74, 6) is 0.641. The molecule has 7 nitrogen and oxygen atoms in total. The van der Waals surface area contributed by atoms with Crippen LogP contribution in [0.2, 0.25) is 0 Å². The van der Waals surface area contributed by atoms with Gasteiger partial charge in [-0.1, -0.05) is 6.07 Å². The van der Waals surface area contributed by atoms with Crippen LogP contribution in [0.5, 0.6) is 5.75 Å². The van der Waals surface area contributed by atoms with E-state index in [0.29, 0.717) is 18.8 Å². The Morgan fingerprint density at radius 2 is 2.35 bits per heavy atom. The maximum absolute atomic E-state index is 12.2. The molecule has 0 spiro atoms. The molecule has 2 rings (SSSR count). The summed E-state index contributed by atoms with van der Waals surface area (Å²) in [6.07, 6.45) is 0.540. The highest BCUT2D eigenvalue weighted by Crippen LogP contribution is 2.25. The average Bonchev–Trinajstić information content (AvgIpc) is 2.92. The molecule has 0 bridgehead atoms. The smallest absolute Gasteiger partial charge is 0.317 e. The molecule has 23 heavy (non-hydrogen) atoms. The number of anilines is 1. The Labute approximate surface area is 135 Å². The Kier molecular flexibility index (Phi) is 5.41. The molecule has 0 aromatic heterocycles. The lowest BCUT2D eigenvalue weighted by molar-refractivity contribution is -0.117. The summed E-state index contributed by atoms with van der Waals surface area (Å²) >= 11 is 0. The summed E-state index contributed by atoms with van der Waals surface area (Å²) in [5.41, 5.74) is 0.754. The molecular formula is C16H20N4O3. The number of nitrogens with one attached hydrogen (secondary N) is 1. The van der Waals surface area contributed by atoms with E-state index in [1.165, 1.54) is 4.90 Å². The van der Waals surface area contributed by atoms with E-state index in [2.05, 4.69) is 5.32 Å². The van der Waals surface area contributed by atoms with Crippen molar-refractivity contribution < 1.29 is 14.3 Å². The predicted molar refractivity (Wildman–Crippen MR) is 85.1 cm³/mol. The van der Waals surface area contributed by atoms with Crippen LogP contribution in [0.3, 0.4) is 0 Å². The van der Waals surface area contributed by atoms with Crippen LogP contribution in [0.15, 0.2) is 24.3 Å². The number of rotatable bonds is 5. The summed E-state index contributed by atoms with van der Waals surface area (Å²) in [6.45, 7) is 0.784. The normalized spacial score (nSPS) is 16.8. The van der Waals surface area contributed by atoms with Crippen molar-refractivity contribution in [2.45, 2.75) is 18.9 Å². The van der Waals surface area contributed by atoms with Crippen LogP contribution in [0.1, 0.15) is 12.8 Å². The van der Waals surface area contributed by atoms with Gasteiger partial charge in [-0.25, -0.2) is 4.79 Å². The molecule has 0 radical (unpaired) electrons. The van der Waals surface area contributed by atoms with E-state index in [1.807, 2.05) is 24.3 Å². The van der Waals surface area contributed by atoms with Gasteiger partial charge in [-0.3, -0.25) is 4.79 Å². The fraction of sp³-hybridized carbons (Fsp3) is 0.438. The number of nitriles is 1. The third-order valence-electron chi connectivity index (χ3n) is 3.72. The Bertz CT molecular complexity index is 626. The van der Waals surface area contributed by atoms with E-state index in [4.69, 9.17) is 10.00 Å². The quantitative estimate of drug-likeness (QED) is 0.888. The molecular weight excluding hydrogens is 296 g/mol. The molecule has 1 heterocycles. The molecule has 0 aliphatic carbocycles. The standard InChI is InChI=1S/C16H20N4O3/c1-19(8-4-7-17)16(22)18-12-9-15(21)20(11-12)13-5-3-6-14(10-13)23-2/h3,5-6,10,12H,4,8-9,11H2,1-2H3,(H,18,22)/t12-/m0/s1. The highest BCUT2D eigenvalue weighted by molar-refractivity contribution is 5.97. The van der Waals surface area contributed by atoms with E-state index in [-0.39, 0.29) is 30.8 Å². The van der Waals surface area contributed by atoms with Crippen LogP contribution in [-0.2, 0) is 4.79 Å². The van der Waals surface area contributed by atoms with Crippen LogP contribution >= 0.6 is 0 Å². The van der Waals surface area contributed by atoms with E-state index in [9.17, 15) is 9.59 Å². The SMILES string of the molecule is COc1cccc(N2C[C@@H](NC(=O)N(C)CCC#N)CC2=O)c1. The fourth-order valence-electron chi connectivity index (χ4n) is 2.44. The Morgan fingerprint density at radius 3 is 3.04 bits per heavy atom. The zero-order valence-electron chi connectivity index (χ0n) is 13.3. The molecule has 7 heteroatoms. The molecule has 1 aliphatic rings. The number of urea groups is 1. The average molecular weight is 316 g/mol. The van der Waals surface area contributed by atoms with Gasteiger partial charge in [0.1, 0.15) is 5.75 Å². The number of hydrogen-bond acceptors (Lipinski definition) is 4. The lowest BCUT2D eigenvalue weighted by atomic mass is 10.2. The first kappa shape index (κ1) is 16.6. The van der Waals surface area contributed by atoms with Crippen molar-refractivity contribution in [2.24, 2.45) is 0 Å². The number of amides is 3. The molecule has 0 unspecified atom stereocenters. The van der Waals surface area contributed by atoms with Gasteiger partial charge in [-0.15, -0.1) is 0 Å². The molecule has 1 aromatic rings. The number of methoxy groups -OCH3 is 1. The van der Waals surface area contributed by atoms with E-state index in [0.717, 1.165) is 5.69 Å². The van der Waals surface area contributed by atoms with Gasteiger partial charge in [0.15, 0.2) is 0 Å². The summed E-state index contributed by atoms with van der Waals surface area (Å²) in [6, 6.07) is 8.75. The summed E-state index contributed by atoms with van der Waals surface area (Å²) in [5, 5.41) is 11.4. The third kappa shape index (κ3) is 4.13. The van der Waals surface area contributed by atoms with E-state index >= 15 is 0 Å². The first-order valence-electron chi connectivity index (χ1n) is 7.38. The third-order valence-corrected chi connectivity index (χ3v) is 3.72. The maximum atomic E-state index is 12.2. The van der Waals surface area contributed by atoms with Crippen LogP contribution < -0.4 is 15.0 Å². The van der Waals surface area contributed by atoms with Gasteiger partial charge >= 0.3 is 6.03 Å². The molecule has 1 saturated heterocycles. The molecule has 1 N–H and O–H groups in total. The monoisotopic (exact) mass is 316 g/mol. The van der Waals surface area contributed by atoms with Gasteiger partial charge in [-0.05, 0) is 12.1 Å². The summed E-state index contributed by atoms with van der Waals surface area (Å²) in [4.78, 5) is 27.3. The number of carbonyl (C=O) groups excluding carboxylic acids is 2. The van der Waals surface area contributed by atoms with Crippen molar-refractivity contribution >= 4 is 17.6 Å². The zero-order valence-corrected chi connectivity index (χ0v) is 13.3. The van der Waals surface area contributed by atoms with Crippen molar-refractivity contribution in [3.8, 4) is 11.8 Å². The molecule has 3 amide bonds. The van der Waals surface area contributed by atoms with Crippen LogP contribution in [0, 0.1) is 11.3 Å². The van der Waals surface area contributed by atoms with Gasteiger partial charge in [0.2, 0.25) is 5.91 Å². The number of ether oxygens (including phenoxy) is 1. The number of hydrogen-bond donors (Lipinski definition) is 1. The molecule has 122 valence electrons. The minimum Gasteiger partial charge on any atom is -0.497 e. The number of benzene rings is 1. The first-order valence-corrected chi connectivity index (χ1v) is 7.38. The lowest BCUT2D eigenvalue weighted by Gasteiger charge is -2.21. The van der Waals surface area contributed by atoms with E-state index < -0.39 is 0 Å². The van der Waals surface area contributed by atoms with Gasteiger partial charge in [0, 0.05) is 38.3 Å². The number of carbonyl (C=O) groups is 2. The number of nitrogens with zero attached hydrogens (tertiary/aromatic N) is 3. The van der Waals surface area contributed by atoms with Gasteiger partial charge in [-0.2, -0.15) is 5.26 Å². The van der Waals surface area contributed by atoms with Gasteiger partial charge in [0.05, 0.1) is 25.6 Å². The second-order valence-corrected chi connectivity index (χ2v) is 5.39. The summed E-state index contributed by atoms with van der Waals surface area (Å²) < 4.78 is 5.17. The molecule has 0 saturated carbocycles. The first-order chi connectivity index (χ1) is 11.0. The largest absolute Gasteiger partial charge is 0.497 e. The molecule has 1 aromatic carbocycles. The molecule has 1 aliphatic heterocycles. The highest BCUT2D eigenvalue weighted by Gasteiger charge is 2.32. The highest BCUT2D eigenvalue weighted by atomic mass is 16.5. The van der Waals surface area contributed by atoms with Crippen molar-refractivity contribution in [3.05, 3.63) is 24.3 Å². The predicted octanol–water partition coefficient (Wildman–Crippen LogP) is 1.36. The maximum Gasteiger partial charge on any atom is 0.317 e. The van der Waals surface area contributed by atoms with Crippen LogP contribution in [-0.4, -0.2) is 50.1 Å². The van der Waals surface area contributed by atoms with Gasteiger partial charge in [0.25, 0.3) is 0 Å². The fourth-order valence-corrected chi connectivity index (χ4v) is 2.44. The van der Waals surface area contributed by atoms with Crippen molar-refractivity contribution in [1.29, 1.82) is 5.26 Å². The Balaban J connectivity index is 1.97.